The lowest BCUT2D eigenvalue weighted by atomic mass is 10.00. The predicted molar refractivity (Wildman–Crippen MR) is 115 cm³/mol. The minimum Gasteiger partial charge on any atom is -0.477 e. The van der Waals surface area contributed by atoms with E-state index in [0.29, 0.717) is 39.5 Å². The zero-order valence-corrected chi connectivity index (χ0v) is 17.9. The van der Waals surface area contributed by atoms with Gasteiger partial charge in [-0.15, -0.1) is 0 Å². The highest BCUT2D eigenvalue weighted by molar-refractivity contribution is 6.12. The molecule has 0 fully saturated rings. The van der Waals surface area contributed by atoms with E-state index in [4.69, 9.17) is 9.47 Å². The molecule has 172 valence electrons. The third kappa shape index (κ3) is 4.21. The first kappa shape index (κ1) is 22.5. The van der Waals surface area contributed by atoms with Crippen LogP contribution in [0.25, 0.3) is 21.8 Å². The van der Waals surface area contributed by atoms with Crippen molar-refractivity contribution < 1.29 is 32.5 Å². The Morgan fingerprint density at radius 2 is 1.97 bits per heavy atom. The van der Waals surface area contributed by atoms with Crippen molar-refractivity contribution in [2.45, 2.75) is 32.5 Å². The van der Waals surface area contributed by atoms with E-state index >= 15 is 0 Å². The number of pyridine rings is 2. The summed E-state index contributed by atoms with van der Waals surface area (Å²) in [5.74, 6) is -0.891. The number of halogens is 3. The summed E-state index contributed by atoms with van der Waals surface area (Å²) < 4.78 is 49.2. The van der Waals surface area contributed by atoms with Crippen LogP contribution in [0.3, 0.4) is 0 Å². The summed E-state index contributed by atoms with van der Waals surface area (Å²) in [4.78, 5) is 23.4. The molecule has 10 heteroatoms. The highest BCUT2D eigenvalue weighted by atomic mass is 19.4. The van der Waals surface area contributed by atoms with Gasteiger partial charge >= 0.3 is 12.1 Å². The van der Waals surface area contributed by atoms with Crippen LogP contribution < -0.4 is 4.74 Å². The maximum atomic E-state index is 12.8. The van der Waals surface area contributed by atoms with Gasteiger partial charge in [-0.05, 0) is 30.2 Å². The zero-order chi connectivity index (χ0) is 23.9. The Balaban J connectivity index is 1.87. The van der Waals surface area contributed by atoms with Crippen molar-refractivity contribution in [2.24, 2.45) is 0 Å². The molecule has 0 saturated heterocycles. The van der Waals surface area contributed by atoms with Gasteiger partial charge in [0.15, 0.2) is 5.69 Å². The Labute approximate surface area is 186 Å². The van der Waals surface area contributed by atoms with Gasteiger partial charge in [0.25, 0.3) is 0 Å². The lowest BCUT2D eigenvalue weighted by molar-refractivity contribution is -0.137. The van der Waals surface area contributed by atoms with Crippen LogP contribution >= 0.6 is 0 Å². The minimum absolute atomic E-state index is 0.00457. The number of H-pyrrole nitrogens is 1. The van der Waals surface area contributed by atoms with Crippen molar-refractivity contribution in [3.63, 3.8) is 0 Å². The monoisotopic (exact) mass is 459 g/mol. The second-order valence-corrected chi connectivity index (χ2v) is 7.78. The number of hydrogen-bond acceptors (Lipinski definition) is 5. The van der Waals surface area contributed by atoms with Gasteiger partial charge in [0, 0.05) is 41.2 Å². The maximum Gasteiger partial charge on any atom is 0.417 e. The van der Waals surface area contributed by atoms with Gasteiger partial charge in [-0.25, -0.2) is 14.8 Å². The van der Waals surface area contributed by atoms with E-state index in [1.807, 2.05) is 13.8 Å². The number of carboxylic acid groups (broad SMARTS) is 1. The SMILES string of the molecule is COCc1c(C(=O)O)nc(C(C)C)c2[nH]c3ccc(Oc4ccc(C(F)(F)F)cn4)cc3c12. The number of methoxy groups -OCH3 is 1. The molecule has 2 N–H and O–H groups in total. The largest absolute Gasteiger partial charge is 0.477 e. The normalized spacial score (nSPS) is 12.1. The van der Waals surface area contributed by atoms with Crippen LogP contribution in [0.1, 0.15) is 47.1 Å². The Hall–Kier alpha value is -3.66. The van der Waals surface area contributed by atoms with Gasteiger partial charge in [0.05, 0.1) is 23.4 Å². The highest BCUT2D eigenvalue weighted by Gasteiger charge is 2.30. The summed E-state index contributed by atoms with van der Waals surface area (Å²) >= 11 is 0. The average Bonchev–Trinajstić information content (AvgIpc) is 3.12. The number of hydrogen-bond donors (Lipinski definition) is 2. The quantitative estimate of drug-likeness (QED) is 0.373. The Kier molecular flexibility index (Phi) is 5.71. The summed E-state index contributed by atoms with van der Waals surface area (Å²) in [6, 6.07) is 7.11. The lowest BCUT2D eigenvalue weighted by Crippen LogP contribution is -2.10. The smallest absolute Gasteiger partial charge is 0.417 e. The second-order valence-electron chi connectivity index (χ2n) is 7.78. The van der Waals surface area contributed by atoms with Gasteiger partial charge < -0.3 is 19.6 Å². The molecular weight excluding hydrogens is 439 g/mol. The number of nitrogens with zero attached hydrogens (tertiary/aromatic N) is 2. The molecule has 7 nitrogen and oxygen atoms in total. The molecule has 1 aromatic carbocycles. The first-order chi connectivity index (χ1) is 15.6. The molecule has 0 atom stereocenters. The zero-order valence-electron chi connectivity index (χ0n) is 17.9. The highest BCUT2D eigenvalue weighted by Crippen LogP contribution is 2.37. The molecule has 3 aromatic heterocycles. The summed E-state index contributed by atoms with van der Waals surface area (Å²) in [5.41, 5.74) is 1.47. The first-order valence-electron chi connectivity index (χ1n) is 10.0. The molecule has 0 aliphatic rings. The fourth-order valence-electron chi connectivity index (χ4n) is 3.71. The van der Waals surface area contributed by atoms with Gasteiger partial charge in [-0.2, -0.15) is 13.2 Å². The molecule has 3 heterocycles. The standard InChI is InChI=1S/C23H20F3N3O4/c1-11(2)19-21-18(15(10-32-3)20(29-19)22(30)31)14-8-13(5-6-16(14)28-21)33-17-7-4-12(9-27-17)23(24,25)26/h4-9,11,28H,10H2,1-3H3,(H,30,31). The molecule has 0 aliphatic carbocycles. The number of fused-ring (bicyclic) bond motifs is 3. The summed E-state index contributed by atoms with van der Waals surface area (Å²) in [6.07, 6.45) is -3.79. The minimum atomic E-state index is -4.49. The molecular formula is C23H20F3N3O4. The molecule has 0 saturated carbocycles. The van der Waals surface area contributed by atoms with Crippen molar-refractivity contribution in [3.05, 3.63) is 59.0 Å². The molecule has 0 amide bonds. The molecule has 0 spiro atoms. The van der Waals surface area contributed by atoms with Gasteiger partial charge in [0.1, 0.15) is 5.75 Å². The summed E-state index contributed by atoms with van der Waals surface area (Å²) in [6.45, 7) is 3.86. The Bertz CT molecular complexity index is 1350. The van der Waals surface area contributed by atoms with E-state index in [1.165, 1.54) is 7.11 Å². The van der Waals surface area contributed by atoms with Gasteiger partial charge in [0.2, 0.25) is 5.88 Å². The molecule has 4 rings (SSSR count). The average molecular weight is 459 g/mol. The summed E-state index contributed by atoms with van der Waals surface area (Å²) in [5, 5.41) is 11.1. The number of carbonyl (C=O) groups is 1. The Morgan fingerprint density at radius 1 is 1.21 bits per heavy atom. The van der Waals surface area contributed by atoms with Crippen molar-refractivity contribution in [2.75, 3.05) is 7.11 Å². The first-order valence-corrected chi connectivity index (χ1v) is 10.0. The molecule has 0 aliphatic heterocycles. The van der Waals surface area contributed by atoms with E-state index in [2.05, 4.69) is 15.0 Å². The summed E-state index contributed by atoms with van der Waals surface area (Å²) in [7, 11) is 1.47. The molecule has 0 unspecified atom stereocenters. The molecule has 4 aromatic rings. The molecule has 0 radical (unpaired) electrons. The topological polar surface area (TPSA) is 97.3 Å². The third-order valence-electron chi connectivity index (χ3n) is 5.17. The van der Waals surface area contributed by atoms with E-state index < -0.39 is 17.7 Å². The lowest BCUT2D eigenvalue weighted by Gasteiger charge is -2.13. The van der Waals surface area contributed by atoms with E-state index in [9.17, 15) is 23.1 Å². The fraction of sp³-hybridized carbons (Fsp3) is 0.261. The van der Waals surface area contributed by atoms with Gasteiger partial charge in [-0.1, -0.05) is 13.8 Å². The van der Waals surface area contributed by atoms with Crippen LogP contribution in [0.4, 0.5) is 13.2 Å². The van der Waals surface area contributed by atoms with Crippen molar-refractivity contribution in [1.29, 1.82) is 0 Å². The van der Waals surface area contributed by atoms with Crippen LogP contribution in [0, 0.1) is 0 Å². The van der Waals surface area contributed by atoms with Crippen LogP contribution in [-0.4, -0.2) is 33.1 Å². The number of aromatic carboxylic acids is 1. The number of aromatic nitrogens is 3. The van der Waals surface area contributed by atoms with Crippen molar-refractivity contribution >= 4 is 27.8 Å². The predicted octanol–water partition coefficient (Wildman–Crippen LogP) is 5.89. The number of benzene rings is 1. The number of aromatic amines is 1. The van der Waals surface area contributed by atoms with Crippen molar-refractivity contribution in [3.8, 4) is 11.6 Å². The van der Waals surface area contributed by atoms with Crippen LogP contribution in [-0.2, 0) is 17.5 Å². The second kappa shape index (κ2) is 8.36. The number of ether oxygens (including phenoxy) is 2. The van der Waals surface area contributed by atoms with E-state index in [0.717, 1.165) is 17.6 Å². The number of nitrogens with one attached hydrogen (secondary N) is 1. The third-order valence-corrected chi connectivity index (χ3v) is 5.17. The van der Waals surface area contributed by atoms with Crippen LogP contribution in [0.2, 0.25) is 0 Å². The fourth-order valence-corrected chi connectivity index (χ4v) is 3.71. The Morgan fingerprint density at radius 3 is 2.55 bits per heavy atom. The van der Waals surface area contributed by atoms with E-state index in [-0.39, 0.29) is 24.1 Å². The van der Waals surface area contributed by atoms with E-state index in [1.54, 1.807) is 18.2 Å². The maximum absolute atomic E-state index is 12.8. The molecule has 33 heavy (non-hydrogen) atoms. The van der Waals surface area contributed by atoms with Gasteiger partial charge in [-0.3, -0.25) is 0 Å². The number of alkyl halides is 3. The van der Waals surface area contributed by atoms with Crippen LogP contribution in [0.15, 0.2) is 36.5 Å². The number of rotatable bonds is 6. The van der Waals surface area contributed by atoms with Crippen molar-refractivity contribution in [1.82, 2.24) is 15.0 Å². The van der Waals surface area contributed by atoms with Crippen LogP contribution in [0.5, 0.6) is 11.6 Å². The number of carboxylic acids is 1. The molecule has 0 bridgehead atoms.